The van der Waals surface area contributed by atoms with Crippen LogP contribution in [0.5, 0.6) is 0 Å². The summed E-state index contributed by atoms with van der Waals surface area (Å²) < 4.78 is 0. The molecule has 0 radical (unpaired) electrons. The molecule has 18 heavy (non-hydrogen) atoms. The van der Waals surface area contributed by atoms with Gasteiger partial charge >= 0.3 is 0 Å². The molecule has 0 spiro atoms. The van der Waals surface area contributed by atoms with E-state index >= 15 is 0 Å². The number of hydrogen-bond donors (Lipinski definition) is 2. The molecule has 2 N–H and O–H groups in total. The number of nitrogens with one attached hydrogen (secondary N) is 2. The number of rotatable bonds is 2. The van der Waals surface area contributed by atoms with Crippen LogP contribution in [-0.2, 0) is 0 Å². The van der Waals surface area contributed by atoms with E-state index in [1.54, 1.807) is 5.57 Å². The molecule has 0 aliphatic carbocycles. The van der Waals surface area contributed by atoms with Gasteiger partial charge in [-0.05, 0) is 43.8 Å². The van der Waals surface area contributed by atoms with Crippen LogP contribution in [0.1, 0.15) is 47.5 Å². The van der Waals surface area contributed by atoms with Crippen molar-refractivity contribution in [2.75, 3.05) is 19.6 Å². The van der Waals surface area contributed by atoms with Gasteiger partial charge in [-0.15, -0.1) is 0 Å². The summed E-state index contributed by atoms with van der Waals surface area (Å²) in [4.78, 5) is 0. The van der Waals surface area contributed by atoms with E-state index in [0.717, 1.165) is 25.6 Å². The topological polar surface area (TPSA) is 27.3 Å². The normalized spacial score (nSPS) is 27.7. The summed E-state index contributed by atoms with van der Waals surface area (Å²) in [6.45, 7) is 15.0. The molecular formula is C15H29N3. The van der Waals surface area contributed by atoms with E-state index in [9.17, 15) is 0 Å². The second-order valence-electron chi connectivity index (χ2n) is 6.79. The summed E-state index contributed by atoms with van der Waals surface area (Å²) >= 11 is 0. The Morgan fingerprint density at radius 2 is 1.83 bits per heavy atom. The van der Waals surface area contributed by atoms with E-state index in [1.807, 2.05) is 0 Å². The Morgan fingerprint density at radius 3 is 2.28 bits per heavy atom. The molecule has 104 valence electrons. The standard InChI is InChI=1S/C15H29N3/c1-6-18-14(15(3,4)5)11(2)13(17-18)12-7-9-16-10-8-12/h12,14,16-17H,6-10H2,1-5H3. The first-order valence-electron chi connectivity index (χ1n) is 7.39. The third kappa shape index (κ3) is 2.57. The fraction of sp³-hybridized carbons (Fsp3) is 0.867. The smallest absolute Gasteiger partial charge is 0.0565 e. The highest BCUT2D eigenvalue weighted by atomic mass is 15.5. The third-order valence-corrected chi connectivity index (χ3v) is 4.32. The third-order valence-electron chi connectivity index (χ3n) is 4.32. The molecule has 2 aliphatic heterocycles. The highest BCUT2D eigenvalue weighted by Gasteiger charge is 2.39. The Labute approximate surface area is 112 Å². The maximum atomic E-state index is 3.70. The van der Waals surface area contributed by atoms with Crippen molar-refractivity contribution in [2.45, 2.75) is 53.5 Å². The predicted octanol–water partition coefficient (Wildman–Crippen LogP) is 2.51. The van der Waals surface area contributed by atoms with E-state index in [-0.39, 0.29) is 0 Å². The van der Waals surface area contributed by atoms with Crippen LogP contribution in [0.25, 0.3) is 0 Å². The van der Waals surface area contributed by atoms with Crippen molar-refractivity contribution in [3.63, 3.8) is 0 Å². The molecule has 1 fully saturated rings. The highest BCUT2D eigenvalue weighted by molar-refractivity contribution is 5.26. The van der Waals surface area contributed by atoms with Gasteiger partial charge in [-0.1, -0.05) is 27.7 Å². The van der Waals surface area contributed by atoms with Crippen molar-refractivity contribution < 1.29 is 0 Å². The molecule has 1 atom stereocenters. The van der Waals surface area contributed by atoms with E-state index in [0.29, 0.717) is 11.5 Å². The monoisotopic (exact) mass is 251 g/mol. The van der Waals surface area contributed by atoms with Gasteiger partial charge in [0.15, 0.2) is 0 Å². The lowest BCUT2D eigenvalue weighted by molar-refractivity contribution is 0.113. The van der Waals surface area contributed by atoms with Gasteiger partial charge in [-0.25, -0.2) is 5.01 Å². The van der Waals surface area contributed by atoms with Gasteiger partial charge in [0.2, 0.25) is 0 Å². The van der Waals surface area contributed by atoms with Crippen LogP contribution in [0, 0.1) is 11.3 Å². The van der Waals surface area contributed by atoms with E-state index in [1.165, 1.54) is 18.5 Å². The molecule has 2 aliphatic rings. The van der Waals surface area contributed by atoms with Gasteiger partial charge in [0, 0.05) is 18.2 Å². The summed E-state index contributed by atoms with van der Waals surface area (Å²) in [6.07, 6.45) is 2.54. The van der Waals surface area contributed by atoms with Crippen LogP contribution in [0.3, 0.4) is 0 Å². The van der Waals surface area contributed by atoms with Crippen LogP contribution in [0.15, 0.2) is 11.3 Å². The molecule has 2 rings (SSSR count). The average Bonchev–Trinajstić information content (AvgIpc) is 2.67. The maximum absolute atomic E-state index is 3.70. The Hall–Kier alpha value is -0.540. The Morgan fingerprint density at radius 1 is 1.22 bits per heavy atom. The molecule has 1 unspecified atom stereocenters. The van der Waals surface area contributed by atoms with Gasteiger partial charge < -0.3 is 10.7 Å². The minimum Gasteiger partial charge on any atom is -0.322 e. The van der Waals surface area contributed by atoms with Gasteiger partial charge in [-0.3, -0.25) is 0 Å². The van der Waals surface area contributed by atoms with Crippen LogP contribution in [0.2, 0.25) is 0 Å². The lowest BCUT2D eigenvalue weighted by Gasteiger charge is -2.35. The van der Waals surface area contributed by atoms with Crippen LogP contribution in [-0.4, -0.2) is 30.7 Å². The zero-order valence-corrected chi connectivity index (χ0v) is 12.6. The largest absolute Gasteiger partial charge is 0.322 e. The minimum atomic E-state index is 0.293. The van der Waals surface area contributed by atoms with Gasteiger partial charge in [-0.2, -0.15) is 0 Å². The number of piperidine rings is 1. The lowest BCUT2D eigenvalue weighted by Crippen LogP contribution is -2.46. The number of hydrazine groups is 1. The fourth-order valence-electron chi connectivity index (χ4n) is 3.59. The van der Waals surface area contributed by atoms with Crippen molar-refractivity contribution in [2.24, 2.45) is 11.3 Å². The van der Waals surface area contributed by atoms with Crippen LogP contribution >= 0.6 is 0 Å². The predicted molar refractivity (Wildman–Crippen MR) is 77.1 cm³/mol. The van der Waals surface area contributed by atoms with E-state index < -0.39 is 0 Å². The van der Waals surface area contributed by atoms with E-state index in [2.05, 4.69) is 50.4 Å². The zero-order valence-electron chi connectivity index (χ0n) is 12.6. The molecule has 3 heteroatoms. The highest BCUT2D eigenvalue weighted by Crippen LogP contribution is 2.37. The van der Waals surface area contributed by atoms with Crippen molar-refractivity contribution in [3.8, 4) is 0 Å². The fourth-order valence-corrected chi connectivity index (χ4v) is 3.59. The van der Waals surface area contributed by atoms with Crippen molar-refractivity contribution in [1.82, 2.24) is 15.8 Å². The molecule has 0 amide bonds. The van der Waals surface area contributed by atoms with Crippen LogP contribution < -0.4 is 10.7 Å². The van der Waals surface area contributed by atoms with Crippen molar-refractivity contribution in [3.05, 3.63) is 11.3 Å². The molecule has 0 aromatic rings. The number of nitrogens with zero attached hydrogens (tertiary/aromatic N) is 1. The summed E-state index contributed by atoms with van der Waals surface area (Å²) in [5.41, 5.74) is 7.07. The van der Waals surface area contributed by atoms with Gasteiger partial charge in [0.05, 0.1) is 6.04 Å². The first kappa shape index (κ1) is 13.9. The Bertz CT molecular complexity index is 321. The molecule has 1 saturated heterocycles. The molecule has 0 bridgehead atoms. The molecule has 0 saturated carbocycles. The summed E-state index contributed by atoms with van der Waals surface area (Å²) in [6, 6.07) is 0.535. The van der Waals surface area contributed by atoms with Crippen molar-refractivity contribution in [1.29, 1.82) is 0 Å². The zero-order chi connectivity index (χ0) is 13.3. The van der Waals surface area contributed by atoms with Crippen LogP contribution in [0.4, 0.5) is 0 Å². The first-order chi connectivity index (χ1) is 8.45. The quantitative estimate of drug-likeness (QED) is 0.789. The lowest BCUT2D eigenvalue weighted by atomic mass is 9.80. The minimum absolute atomic E-state index is 0.293. The SMILES string of the molecule is CCN1NC(C2CCNCC2)=C(C)C1C(C)(C)C. The summed E-state index contributed by atoms with van der Waals surface area (Å²) in [5.74, 6) is 0.729. The average molecular weight is 251 g/mol. The summed E-state index contributed by atoms with van der Waals surface area (Å²) in [7, 11) is 0. The Kier molecular flexibility index (Phi) is 4.02. The second kappa shape index (κ2) is 5.22. The summed E-state index contributed by atoms with van der Waals surface area (Å²) in [5, 5.41) is 5.88. The Balaban J connectivity index is 2.21. The maximum Gasteiger partial charge on any atom is 0.0565 e. The van der Waals surface area contributed by atoms with Gasteiger partial charge in [0.25, 0.3) is 0 Å². The number of likely N-dealkylation sites (N-methyl/N-ethyl adjacent to an activating group) is 1. The number of allylic oxidation sites excluding steroid dienone is 1. The molecule has 0 aromatic heterocycles. The van der Waals surface area contributed by atoms with E-state index in [4.69, 9.17) is 0 Å². The molecule has 0 aromatic carbocycles. The molecular weight excluding hydrogens is 222 g/mol. The van der Waals surface area contributed by atoms with Gasteiger partial charge in [0.1, 0.15) is 0 Å². The first-order valence-corrected chi connectivity index (χ1v) is 7.39. The van der Waals surface area contributed by atoms with Crippen molar-refractivity contribution >= 4 is 0 Å². The number of hydrogen-bond acceptors (Lipinski definition) is 3. The molecule has 2 heterocycles. The molecule has 3 nitrogen and oxygen atoms in total. The second-order valence-corrected chi connectivity index (χ2v) is 6.79.